The predicted octanol–water partition coefficient (Wildman–Crippen LogP) is 3.05. The Morgan fingerprint density at radius 3 is 2.67 bits per heavy atom. The molecule has 0 aliphatic rings. The largest absolute Gasteiger partial charge is 0.492 e. The van der Waals surface area contributed by atoms with Crippen molar-refractivity contribution in [3.05, 3.63) is 28.7 Å². The van der Waals surface area contributed by atoms with Gasteiger partial charge in [0.15, 0.2) is 0 Å². The average Bonchev–Trinajstić information content (AvgIpc) is 2.44. The second-order valence-electron chi connectivity index (χ2n) is 6.00. The highest BCUT2D eigenvalue weighted by Crippen LogP contribution is 2.23. The van der Waals surface area contributed by atoms with Crippen LogP contribution in [0, 0.1) is 5.41 Å². The lowest BCUT2D eigenvalue weighted by Crippen LogP contribution is -2.39. The van der Waals surface area contributed by atoms with E-state index in [9.17, 15) is 4.79 Å². The van der Waals surface area contributed by atoms with Crippen LogP contribution in [0.3, 0.4) is 0 Å². The van der Waals surface area contributed by atoms with Gasteiger partial charge >= 0.3 is 0 Å². The number of hydrogen-bond donors (Lipinski definition) is 1. The molecular formula is C16H25BrN2O2. The van der Waals surface area contributed by atoms with Crippen LogP contribution in [0.2, 0.25) is 0 Å². The van der Waals surface area contributed by atoms with Crippen molar-refractivity contribution >= 4 is 21.8 Å². The maximum atomic E-state index is 12.0. The maximum absolute atomic E-state index is 12.0. The first kappa shape index (κ1) is 18.0. The second kappa shape index (κ2) is 8.39. The minimum absolute atomic E-state index is 0.0458. The highest BCUT2D eigenvalue weighted by molar-refractivity contribution is 9.10. The molecule has 1 rings (SSSR count). The molecule has 0 bridgehead atoms. The van der Waals surface area contributed by atoms with Crippen LogP contribution in [-0.4, -0.2) is 37.6 Å². The first-order valence-electron chi connectivity index (χ1n) is 7.17. The Labute approximate surface area is 135 Å². The van der Waals surface area contributed by atoms with Gasteiger partial charge in [-0.05, 0) is 46.4 Å². The van der Waals surface area contributed by atoms with Gasteiger partial charge in [-0.25, -0.2) is 0 Å². The Kier molecular flexibility index (Phi) is 7.18. The molecule has 1 aromatic carbocycles. The number of benzene rings is 1. The molecule has 0 atom stereocenters. The van der Waals surface area contributed by atoms with Gasteiger partial charge in [-0.2, -0.15) is 0 Å². The van der Waals surface area contributed by atoms with Crippen molar-refractivity contribution in [3.63, 3.8) is 0 Å². The van der Waals surface area contributed by atoms with Crippen LogP contribution >= 0.6 is 15.9 Å². The molecule has 0 unspecified atom stereocenters. The molecule has 0 aliphatic heterocycles. The normalized spacial score (nSPS) is 11.3. The number of ether oxygens (including phenoxy) is 1. The topological polar surface area (TPSA) is 55.6 Å². The monoisotopic (exact) mass is 356 g/mol. The number of carbonyl (C=O) groups is 1. The Morgan fingerprint density at radius 1 is 1.38 bits per heavy atom. The van der Waals surface area contributed by atoms with E-state index in [2.05, 4.69) is 29.8 Å². The van der Waals surface area contributed by atoms with Gasteiger partial charge in [0.1, 0.15) is 5.75 Å². The van der Waals surface area contributed by atoms with Gasteiger partial charge in [-0.3, -0.25) is 4.79 Å². The molecule has 0 saturated carbocycles. The molecule has 0 heterocycles. The van der Waals surface area contributed by atoms with Gasteiger partial charge < -0.3 is 15.4 Å². The predicted molar refractivity (Wildman–Crippen MR) is 89.3 cm³/mol. The summed E-state index contributed by atoms with van der Waals surface area (Å²) in [7, 11) is 1.83. The standard InChI is InChI=1S/C16H25BrN2O2/c1-16(2,11-18)12-19(3)15(20)9-6-10-21-14-8-5-4-7-13(14)17/h4-5,7-8H,6,9-12,18H2,1-3H3. The average molecular weight is 357 g/mol. The summed E-state index contributed by atoms with van der Waals surface area (Å²) in [6, 6.07) is 7.70. The minimum atomic E-state index is -0.0458. The van der Waals surface area contributed by atoms with E-state index in [0.29, 0.717) is 32.5 Å². The number of carbonyl (C=O) groups excluding carboxylic acids is 1. The number of halogens is 1. The van der Waals surface area contributed by atoms with Crippen LogP contribution in [0.15, 0.2) is 28.7 Å². The first-order valence-corrected chi connectivity index (χ1v) is 7.96. The molecule has 1 aromatic rings. The molecule has 1 amide bonds. The van der Waals surface area contributed by atoms with Crippen molar-refractivity contribution in [1.29, 1.82) is 0 Å². The number of para-hydroxylation sites is 1. The van der Waals surface area contributed by atoms with E-state index >= 15 is 0 Å². The third-order valence-electron chi connectivity index (χ3n) is 3.27. The Morgan fingerprint density at radius 2 is 2.05 bits per heavy atom. The molecule has 4 nitrogen and oxygen atoms in total. The quantitative estimate of drug-likeness (QED) is 0.728. The molecule has 2 N–H and O–H groups in total. The molecule has 0 radical (unpaired) electrons. The van der Waals surface area contributed by atoms with Gasteiger partial charge in [-0.1, -0.05) is 26.0 Å². The third-order valence-corrected chi connectivity index (χ3v) is 3.93. The van der Waals surface area contributed by atoms with Gasteiger partial charge in [0.05, 0.1) is 11.1 Å². The molecule has 0 spiro atoms. The fourth-order valence-corrected chi connectivity index (χ4v) is 2.35. The zero-order valence-corrected chi connectivity index (χ0v) is 14.6. The Hall–Kier alpha value is -1.07. The summed E-state index contributed by atoms with van der Waals surface area (Å²) in [4.78, 5) is 13.8. The van der Waals surface area contributed by atoms with E-state index in [1.54, 1.807) is 4.90 Å². The van der Waals surface area contributed by atoms with Crippen LogP contribution in [-0.2, 0) is 4.79 Å². The molecule has 0 aromatic heterocycles. The van der Waals surface area contributed by atoms with Crippen LogP contribution in [0.4, 0.5) is 0 Å². The first-order chi connectivity index (χ1) is 9.85. The molecular weight excluding hydrogens is 332 g/mol. The van der Waals surface area contributed by atoms with Gasteiger partial charge in [0, 0.05) is 20.0 Å². The summed E-state index contributed by atoms with van der Waals surface area (Å²) >= 11 is 3.43. The van der Waals surface area contributed by atoms with Gasteiger partial charge in [0.25, 0.3) is 0 Å². The number of amides is 1. The van der Waals surface area contributed by atoms with E-state index in [1.807, 2.05) is 31.3 Å². The van der Waals surface area contributed by atoms with Crippen LogP contribution in [0.25, 0.3) is 0 Å². The molecule has 0 saturated heterocycles. The van der Waals surface area contributed by atoms with E-state index in [0.717, 1.165) is 10.2 Å². The highest BCUT2D eigenvalue weighted by atomic mass is 79.9. The summed E-state index contributed by atoms with van der Waals surface area (Å²) < 4.78 is 6.58. The van der Waals surface area contributed by atoms with Crippen LogP contribution < -0.4 is 10.5 Å². The van der Waals surface area contributed by atoms with Crippen molar-refractivity contribution in [3.8, 4) is 5.75 Å². The summed E-state index contributed by atoms with van der Waals surface area (Å²) in [5.41, 5.74) is 5.65. The third kappa shape index (κ3) is 6.48. The van der Waals surface area contributed by atoms with Crippen molar-refractivity contribution in [2.75, 3.05) is 26.7 Å². The maximum Gasteiger partial charge on any atom is 0.222 e. The zero-order valence-electron chi connectivity index (χ0n) is 13.1. The summed E-state index contributed by atoms with van der Waals surface area (Å²) in [6.45, 7) is 5.89. The van der Waals surface area contributed by atoms with E-state index in [-0.39, 0.29) is 11.3 Å². The molecule has 0 aliphatic carbocycles. The zero-order chi connectivity index (χ0) is 15.9. The smallest absolute Gasteiger partial charge is 0.222 e. The summed E-state index contributed by atoms with van der Waals surface area (Å²) in [5.74, 6) is 0.940. The highest BCUT2D eigenvalue weighted by Gasteiger charge is 2.20. The lowest BCUT2D eigenvalue weighted by molar-refractivity contribution is -0.131. The van der Waals surface area contributed by atoms with E-state index in [4.69, 9.17) is 10.5 Å². The molecule has 5 heteroatoms. The SMILES string of the molecule is CN(CC(C)(C)CN)C(=O)CCCOc1ccccc1Br. The lowest BCUT2D eigenvalue weighted by atomic mass is 9.93. The van der Waals surface area contributed by atoms with Gasteiger partial charge in [-0.15, -0.1) is 0 Å². The number of rotatable bonds is 8. The lowest BCUT2D eigenvalue weighted by Gasteiger charge is -2.29. The van der Waals surface area contributed by atoms with Crippen molar-refractivity contribution in [2.45, 2.75) is 26.7 Å². The van der Waals surface area contributed by atoms with Crippen LogP contribution in [0.5, 0.6) is 5.75 Å². The number of nitrogens with zero attached hydrogens (tertiary/aromatic N) is 1. The number of hydrogen-bond acceptors (Lipinski definition) is 3. The van der Waals surface area contributed by atoms with Crippen molar-refractivity contribution in [2.24, 2.45) is 11.1 Å². The minimum Gasteiger partial charge on any atom is -0.492 e. The van der Waals surface area contributed by atoms with Gasteiger partial charge in [0.2, 0.25) is 5.91 Å². The fourth-order valence-electron chi connectivity index (χ4n) is 1.95. The van der Waals surface area contributed by atoms with Crippen molar-refractivity contribution in [1.82, 2.24) is 4.90 Å². The fraction of sp³-hybridized carbons (Fsp3) is 0.562. The molecule has 0 fully saturated rings. The van der Waals surface area contributed by atoms with E-state index < -0.39 is 0 Å². The van der Waals surface area contributed by atoms with Crippen LogP contribution in [0.1, 0.15) is 26.7 Å². The summed E-state index contributed by atoms with van der Waals surface area (Å²) in [5, 5.41) is 0. The molecule has 21 heavy (non-hydrogen) atoms. The second-order valence-corrected chi connectivity index (χ2v) is 6.85. The number of nitrogens with two attached hydrogens (primary N) is 1. The molecule has 118 valence electrons. The summed E-state index contributed by atoms with van der Waals surface area (Å²) in [6.07, 6.45) is 1.19. The van der Waals surface area contributed by atoms with Crippen molar-refractivity contribution < 1.29 is 9.53 Å². The van der Waals surface area contributed by atoms with E-state index in [1.165, 1.54) is 0 Å². The Bertz CT molecular complexity index is 463. The Balaban J connectivity index is 2.29.